The molecule has 6 nitrogen and oxygen atoms in total. The fraction of sp³-hybridized carbons (Fsp3) is 0.333. The molecule has 0 unspecified atom stereocenters. The van der Waals surface area contributed by atoms with E-state index in [2.05, 4.69) is 10.5 Å². The van der Waals surface area contributed by atoms with Gasteiger partial charge in [0.25, 0.3) is 0 Å². The van der Waals surface area contributed by atoms with Crippen LogP contribution in [0.2, 0.25) is 0 Å². The third-order valence-electron chi connectivity index (χ3n) is 3.07. The first-order valence-electron chi connectivity index (χ1n) is 6.82. The number of benzene rings is 1. The molecule has 1 heterocycles. The zero-order valence-corrected chi connectivity index (χ0v) is 13.3. The van der Waals surface area contributed by atoms with Crippen LogP contribution >= 0.6 is 0 Å². The van der Waals surface area contributed by atoms with Gasteiger partial charge in [-0.3, -0.25) is 4.79 Å². The van der Waals surface area contributed by atoms with Gasteiger partial charge in [-0.05, 0) is 19.4 Å². The smallest absolute Gasteiger partial charge is 0.235 e. The Hall–Kier alpha value is -2.15. The lowest BCUT2D eigenvalue weighted by Gasteiger charge is -2.14. The predicted molar refractivity (Wildman–Crippen MR) is 81.7 cm³/mol. The number of nitrogens with one attached hydrogen (secondary N) is 1. The van der Waals surface area contributed by atoms with Crippen LogP contribution < -0.4 is 5.32 Å². The summed E-state index contributed by atoms with van der Waals surface area (Å²) < 4.78 is 28.8. The number of aryl methyl sites for hydroxylation is 1. The molecule has 2 aromatic rings. The average Bonchev–Trinajstić information content (AvgIpc) is 2.83. The highest BCUT2D eigenvalue weighted by Crippen LogP contribution is 2.12. The van der Waals surface area contributed by atoms with Crippen LogP contribution in [0.15, 0.2) is 40.9 Å². The van der Waals surface area contributed by atoms with Crippen molar-refractivity contribution in [2.45, 2.75) is 25.6 Å². The van der Waals surface area contributed by atoms with E-state index in [1.54, 1.807) is 19.9 Å². The van der Waals surface area contributed by atoms with Crippen LogP contribution in [0.5, 0.6) is 0 Å². The predicted octanol–water partition coefficient (Wildman–Crippen LogP) is 1.78. The zero-order valence-electron chi connectivity index (χ0n) is 12.4. The van der Waals surface area contributed by atoms with E-state index in [9.17, 15) is 13.2 Å². The fourth-order valence-corrected chi connectivity index (χ4v) is 3.24. The van der Waals surface area contributed by atoms with Gasteiger partial charge >= 0.3 is 0 Å². The van der Waals surface area contributed by atoms with Crippen LogP contribution in [0.1, 0.15) is 30.0 Å². The quantitative estimate of drug-likeness (QED) is 0.875. The fourth-order valence-electron chi connectivity index (χ4n) is 2.07. The average molecular weight is 322 g/mol. The Morgan fingerprint density at radius 3 is 2.59 bits per heavy atom. The largest absolute Gasteiger partial charge is 0.361 e. The second-order valence-corrected chi connectivity index (χ2v) is 7.23. The third kappa shape index (κ3) is 4.70. The number of hydrogen-bond donors (Lipinski definition) is 1. The lowest BCUT2D eigenvalue weighted by molar-refractivity contribution is -0.119. The van der Waals surface area contributed by atoms with E-state index in [-0.39, 0.29) is 11.8 Å². The van der Waals surface area contributed by atoms with Gasteiger partial charge in [-0.25, -0.2) is 8.42 Å². The molecule has 118 valence electrons. The topological polar surface area (TPSA) is 89.3 Å². The van der Waals surface area contributed by atoms with E-state index in [1.165, 1.54) is 0 Å². The van der Waals surface area contributed by atoms with Crippen molar-refractivity contribution >= 4 is 15.7 Å². The van der Waals surface area contributed by atoms with Gasteiger partial charge in [0, 0.05) is 6.07 Å². The normalized spacial score (nSPS) is 12.8. The molecule has 0 radical (unpaired) electrons. The Labute approximate surface area is 129 Å². The second-order valence-electron chi connectivity index (χ2n) is 5.16. The zero-order chi connectivity index (χ0) is 16.2. The molecule has 0 spiro atoms. The molecular formula is C15H18N2O4S. The summed E-state index contributed by atoms with van der Waals surface area (Å²) in [5, 5.41) is 6.31. The first-order valence-corrected chi connectivity index (χ1v) is 8.65. The van der Waals surface area contributed by atoms with Crippen LogP contribution in [-0.4, -0.2) is 25.2 Å². The highest BCUT2D eigenvalue weighted by molar-refractivity contribution is 7.91. The molecule has 0 aliphatic rings. The standard InChI is InChI=1S/C15H18N2O4S/c1-11-8-14(17-21-11)9-22(19,20)10-15(18)16-12(2)13-6-4-3-5-7-13/h3-8,12H,9-10H2,1-2H3,(H,16,18)/t12-/m0/s1. The van der Waals surface area contributed by atoms with Gasteiger partial charge in [0.05, 0.1) is 17.5 Å². The number of sulfone groups is 1. The Morgan fingerprint density at radius 2 is 2.00 bits per heavy atom. The van der Waals surface area contributed by atoms with E-state index in [0.717, 1.165) is 5.56 Å². The van der Waals surface area contributed by atoms with Gasteiger partial charge < -0.3 is 9.84 Å². The molecule has 1 amide bonds. The number of nitrogens with zero attached hydrogens (tertiary/aromatic N) is 1. The maximum absolute atomic E-state index is 12.0. The first-order chi connectivity index (χ1) is 10.4. The van der Waals surface area contributed by atoms with E-state index < -0.39 is 21.5 Å². The van der Waals surface area contributed by atoms with Crippen molar-refractivity contribution in [2.24, 2.45) is 0 Å². The number of rotatable bonds is 6. The summed E-state index contributed by atoms with van der Waals surface area (Å²) in [6, 6.07) is 10.6. The molecule has 1 aromatic carbocycles. The lowest BCUT2D eigenvalue weighted by atomic mass is 10.1. The van der Waals surface area contributed by atoms with E-state index >= 15 is 0 Å². The van der Waals surface area contributed by atoms with Crippen LogP contribution in [0, 0.1) is 6.92 Å². The SMILES string of the molecule is Cc1cc(CS(=O)(=O)CC(=O)N[C@@H](C)c2ccccc2)no1. The minimum Gasteiger partial charge on any atom is -0.361 e. The monoisotopic (exact) mass is 322 g/mol. The molecule has 0 aliphatic carbocycles. The highest BCUT2D eigenvalue weighted by Gasteiger charge is 2.20. The molecule has 1 aromatic heterocycles. The molecule has 0 saturated heterocycles. The molecule has 0 bridgehead atoms. The number of aromatic nitrogens is 1. The summed E-state index contributed by atoms with van der Waals surface area (Å²) >= 11 is 0. The van der Waals surface area contributed by atoms with Crippen molar-refractivity contribution in [2.75, 3.05) is 5.75 Å². The molecular weight excluding hydrogens is 304 g/mol. The van der Waals surface area contributed by atoms with Crippen molar-refractivity contribution in [1.29, 1.82) is 0 Å². The van der Waals surface area contributed by atoms with Crippen molar-refractivity contribution in [3.8, 4) is 0 Å². The molecule has 0 aliphatic heterocycles. The van der Waals surface area contributed by atoms with Crippen molar-refractivity contribution < 1.29 is 17.7 Å². The number of carbonyl (C=O) groups excluding carboxylic acids is 1. The molecule has 1 N–H and O–H groups in total. The third-order valence-corrected chi connectivity index (χ3v) is 4.51. The molecule has 0 saturated carbocycles. The maximum atomic E-state index is 12.0. The van der Waals surface area contributed by atoms with Crippen molar-refractivity contribution in [3.05, 3.63) is 53.4 Å². The summed E-state index contributed by atoms with van der Waals surface area (Å²) in [5.41, 5.74) is 1.22. The molecule has 7 heteroatoms. The highest BCUT2D eigenvalue weighted by atomic mass is 32.2. The molecule has 2 rings (SSSR count). The molecule has 1 atom stereocenters. The Balaban J connectivity index is 1.93. The molecule has 22 heavy (non-hydrogen) atoms. The summed E-state index contributed by atoms with van der Waals surface area (Å²) in [7, 11) is -3.58. The lowest BCUT2D eigenvalue weighted by Crippen LogP contribution is -2.32. The Kier molecular flexibility index (Phi) is 4.97. The van der Waals surface area contributed by atoms with Crippen molar-refractivity contribution in [1.82, 2.24) is 10.5 Å². The second kappa shape index (κ2) is 6.74. The first kappa shape index (κ1) is 16.2. The Bertz CT molecular complexity index is 738. The Morgan fingerprint density at radius 1 is 1.32 bits per heavy atom. The minimum absolute atomic E-state index is 0.252. The van der Waals surface area contributed by atoms with Crippen molar-refractivity contribution in [3.63, 3.8) is 0 Å². The van der Waals surface area contributed by atoms with Crippen LogP contribution in [0.4, 0.5) is 0 Å². The molecule has 0 fully saturated rings. The van der Waals surface area contributed by atoms with E-state index in [1.807, 2.05) is 30.3 Å². The summed E-state index contributed by atoms with van der Waals surface area (Å²) in [4.78, 5) is 11.9. The van der Waals surface area contributed by atoms with Crippen LogP contribution in [0.25, 0.3) is 0 Å². The van der Waals surface area contributed by atoms with Gasteiger partial charge in [0.2, 0.25) is 5.91 Å². The van der Waals surface area contributed by atoms with Gasteiger partial charge in [0.1, 0.15) is 11.5 Å². The summed E-state index contributed by atoms with van der Waals surface area (Å²) in [5.74, 6) is -0.878. The van der Waals surface area contributed by atoms with Gasteiger partial charge in [-0.2, -0.15) is 0 Å². The number of carbonyl (C=O) groups is 1. The van der Waals surface area contributed by atoms with E-state index in [4.69, 9.17) is 4.52 Å². The van der Waals surface area contributed by atoms with Gasteiger partial charge in [-0.1, -0.05) is 35.5 Å². The summed E-state index contributed by atoms with van der Waals surface area (Å²) in [6.45, 7) is 3.48. The summed E-state index contributed by atoms with van der Waals surface area (Å²) in [6.07, 6.45) is 0. The maximum Gasteiger partial charge on any atom is 0.235 e. The minimum atomic E-state index is -3.58. The van der Waals surface area contributed by atoms with Gasteiger partial charge in [-0.15, -0.1) is 0 Å². The van der Waals surface area contributed by atoms with Gasteiger partial charge in [0.15, 0.2) is 9.84 Å². The van der Waals surface area contributed by atoms with Crippen LogP contribution in [0.3, 0.4) is 0 Å². The van der Waals surface area contributed by atoms with Crippen LogP contribution in [-0.2, 0) is 20.4 Å². The number of hydrogen-bond acceptors (Lipinski definition) is 5. The van der Waals surface area contributed by atoms with E-state index in [0.29, 0.717) is 11.5 Å². The number of amides is 1.